The van der Waals surface area contributed by atoms with Crippen LogP contribution >= 0.6 is 11.8 Å². The highest BCUT2D eigenvalue weighted by Gasteiger charge is 2.23. The van der Waals surface area contributed by atoms with E-state index in [-0.39, 0.29) is 0 Å². The zero-order valence-electron chi connectivity index (χ0n) is 9.19. The predicted molar refractivity (Wildman–Crippen MR) is 63.2 cm³/mol. The molecule has 3 atom stereocenters. The topological polar surface area (TPSA) is 44.5 Å². The smallest absolute Gasteiger partial charge is 0.0666 e. The first-order valence-electron chi connectivity index (χ1n) is 5.89. The lowest BCUT2D eigenvalue weighted by atomic mass is 10.0. The molecular formula is C11H21NO2S. The van der Waals surface area contributed by atoms with E-state index in [1.807, 2.05) is 11.8 Å². The molecule has 0 aliphatic carbocycles. The Bertz CT molecular complexity index is 179. The summed E-state index contributed by atoms with van der Waals surface area (Å²) in [6.07, 6.45) is 4.09. The molecule has 2 saturated heterocycles. The van der Waals surface area contributed by atoms with Crippen LogP contribution in [0, 0.1) is 5.92 Å². The van der Waals surface area contributed by atoms with Gasteiger partial charge in [0.05, 0.1) is 12.7 Å². The van der Waals surface area contributed by atoms with Crippen molar-refractivity contribution in [1.82, 2.24) is 0 Å². The van der Waals surface area contributed by atoms with E-state index in [0.29, 0.717) is 18.1 Å². The first-order chi connectivity index (χ1) is 7.36. The summed E-state index contributed by atoms with van der Waals surface area (Å²) in [5, 5.41) is 0. The molecule has 0 saturated carbocycles. The van der Waals surface area contributed by atoms with E-state index in [9.17, 15) is 0 Å². The second kappa shape index (κ2) is 6.09. The molecule has 0 spiro atoms. The Kier molecular flexibility index (Phi) is 4.75. The minimum Gasteiger partial charge on any atom is -0.381 e. The Morgan fingerprint density at radius 2 is 2.27 bits per heavy atom. The van der Waals surface area contributed by atoms with Gasteiger partial charge >= 0.3 is 0 Å². The van der Waals surface area contributed by atoms with Gasteiger partial charge in [-0.3, -0.25) is 0 Å². The Morgan fingerprint density at radius 1 is 1.33 bits per heavy atom. The molecule has 0 amide bonds. The van der Waals surface area contributed by atoms with Gasteiger partial charge in [0.1, 0.15) is 0 Å². The molecule has 2 rings (SSSR count). The average molecular weight is 231 g/mol. The summed E-state index contributed by atoms with van der Waals surface area (Å²) in [7, 11) is 0. The molecule has 3 nitrogen and oxygen atoms in total. The summed E-state index contributed by atoms with van der Waals surface area (Å²) in [6.45, 7) is 2.71. The predicted octanol–water partition coefficient (Wildman–Crippen LogP) is 1.26. The Morgan fingerprint density at radius 3 is 2.93 bits per heavy atom. The molecule has 0 radical (unpaired) electrons. The molecule has 2 heterocycles. The van der Waals surface area contributed by atoms with Crippen LogP contribution in [0.3, 0.4) is 0 Å². The van der Waals surface area contributed by atoms with Gasteiger partial charge in [-0.15, -0.1) is 0 Å². The van der Waals surface area contributed by atoms with Gasteiger partial charge in [0.25, 0.3) is 0 Å². The minimum atomic E-state index is 0.305. The molecule has 2 aliphatic rings. The molecule has 4 heteroatoms. The zero-order valence-corrected chi connectivity index (χ0v) is 10.0. The van der Waals surface area contributed by atoms with Crippen LogP contribution in [-0.2, 0) is 9.47 Å². The molecule has 0 bridgehead atoms. The van der Waals surface area contributed by atoms with E-state index in [0.717, 1.165) is 37.7 Å². The fourth-order valence-corrected chi connectivity index (χ4v) is 3.34. The summed E-state index contributed by atoms with van der Waals surface area (Å²) >= 11 is 1.94. The van der Waals surface area contributed by atoms with E-state index < -0.39 is 0 Å². The molecule has 2 aliphatic heterocycles. The highest BCUT2D eigenvalue weighted by atomic mass is 32.2. The van der Waals surface area contributed by atoms with Crippen LogP contribution < -0.4 is 5.73 Å². The lowest BCUT2D eigenvalue weighted by Gasteiger charge is -2.17. The van der Waals surface area contributed by atoms with Crippen LogP contribution in [0.1, 0.15) is 19.3 Å². The largest absolute Gasteiger partial charge is 0.381 e. The molecule has 88 valence electrons. The van der Waals surface area contributed by atoms with Crippen LogP contribution in [0.5, 0.6) is 0 Å². The molecular weight excluding hydrogens is 210 g/mol. The van der Waals surface area contributed by atoms with E-state index in [1.54, 1.807) is 0 Å². The summed E-state index contributed by atoms with van der Waals surface area (Å²) in [6, 6.07) is 0.305. The van der Waals surface area contributed by atoms with Gasteiger partial charge in [-0.05, 0) is 19.3 Å². The van der Waals surface area contributed by atoms with Gasteiger partial charge in [0.2, 0.25) is 0 Å². The summed E-state index contributed by atoms with van der Waals surface area (Å²) in [4.78, 5) is 0. The Labute approximate surface area is 96.1 Å². The third kappa shape index (κ3) is 3.63. The van der Waals surface area contributed by atoms with Crippen molar-refractivity contribution in [1.29, 1.82) is 0 Å². The van der Waals surface area contributed by atoms with Crippen molar-refractivity contribution in [2.75, 3.05) is 31.3 Å². The normalized spacial score (nSPS) is 33.4. The van der Waals surface area contributed by atoms with Crippen molar-refractivity contribution in [3.05, 3.63) is 0 Å². The molecule has 0 aromatic heterocycles. The average Bonchev–Trinajstić information content (AvgIpc) is 2.90. The maximum Gasteiger partial charge on any atom is 0.0666 e. The van der Waals surface area contributed by atoms with Gasteiger partial charge < -0.3 is 15.2 Å². The SMILES string of the molecule is NC(CSCC1CCCO1)C1CCOC1. The third-order valence-electron chi connectivity index (χ3n) is 3.21. The van der Waals surface area contributed by atoms with Crippen molar-refractivity contribution < 1.29 is 9.47 Å². The number of thioether (sulfide) groups is 1. The maximum absolute atomic E-state index is 6.12. The van der Waals surface area contributed by atoms with Crippen LogP contribution in [0.25, 0.3) is 0 Å². The van der Waals surface area contributed by atoms with Crippen molar-refractivity contribution in [3.63, 3.8) is 0 Å². The first kappa shape index (κ1) is 11.7. The second-order valence-electron chi connectivity index (χ2n) is 4.46. The monoisotopic (exact) mass is 231 g/mol. The molecule has 15 heavy (non-hydrogen) atoms. The number of nitrogens with two attached hydrogens (primary N) is 1. The quantitative estimate of drug-likeness (QED) is 0.774. The lowest BCUT2D eigenvalue weighted by Crippen LogP contribution is -2.33. The summed E-state index contributed by atoms with van der Waals surface area (Å²) in [5.41, 5.74) is 6.12. The van der Waals surface area contributed by atoms with Crippen molar-refractivity contribution in [2.45, 2.75) is 31.4 Å². The molecule has 2 N–H and O–H groups in total. The van der Waals surface area contributed by atoms with Crippen molar-refractivity contribution in [3.8, 4) is 0 Å². The Hall–Kier alpha value is 0.230. The maximum atomic E-state index is 6.12. The third-order valence-corrected chi connectivity index (χ3v) is 4.44. The molecule has 2 fully saturated rings. The van der Waals surface area contributed by atoms with E-state index >= 15 is 0 Å². The van der Waals surface area contributed by atoms with Gasteiger partial charge in [0, 0.05) is 36.7 Å². The van der Waals surface area contributed by atoms with Gasteiger partial charge in [-0.1, -0.05) is 0 Å². The van der Waals surface area contributed by atoms with Gasteiger partial charge in [-0.2, -0.15) is 11.8 Å². The summed E-state index contributed by atoms with van der Waals surface area (Å²) in [5.74, 6) is 2.75. The van der Waals surface area contributed by atoms with Crippen molar-refractivity contribution >= 4 is 11.8 Å². The van der Waals surface area contributed by atoms with Crippen LogP contribution in [0.15, 0.2) is 0 Å². The van der Waals surface area contributed by atoms with E-state index in [2.05, 4.69) is 0 Å². The molecule has 0 aromatic rings. The molecule has 0 aromatic carbocycles. The number of hydrogen-bond donors (Lipinski definition) is 1. The zero-order chi connectivity index (χ0) is 10.5. The lowest BCUT2D eigenvalue weighted by molar-refractivity contribution is 0.129. The van der Waals surface area contributed by atoms with Crippen LogP contribution in [0.2, 0.25) is 0 Å². The highest BCUT2D eigenvalue weighted by molar-refractivity contribution is 7.99. The fraction of sp³-hybridized carbons (Fsp3) is 1.00. The fourth-order valence-electron chi connectivity index (χ4n) is 2.14. The number of rotatable bonds is 5. The minimum absolute atomic E-state index is 0.305. The van der Waals surface area contributed by atoms with E-state index in [1.165, 1.54) is 12.8 Å². The summed E-state index contributed by atoms with van der Waals surface area (Å²) < 4.78 is 10.9. The van der Waals surface area contributed by atoms with Crippen LogP contribution in [0.4, 0.5) is 0 Å². The highest BCUT2D eigenvalue weighted by Crippen LogP contribution is 2.21. The Balaban J connectivity index is 1.56. The van der Waals surface area contributed by atoms with Crippen LogP contribution in [-0.4, -0.2) is 43.5 Å². The van der Waals surface area contributed by atoms with Crippen molar-refractivity contribution in [2.24, 2.45) is 11.7 Å². The molecule has 3 unspecified atom stereocenters. The van der Waals surface area contributed by atoms with Gasteiger partial charge in [0.15, 0.2) is 0 Å². The second-order valence-corrected chi connectivity index (χ2v) is 5.53. The van der Waals surface area contributed by atoms with E-state index in [4.69, 9.17) is 15.2 Å². The first-order valence-corrected chi connectivity index (χ1v) is 7.04. The number of hydrogen-bond acceptors (Lipinski definition) is 4. The van der Waals surface area contributed by atoms with Gasteiger partial charge in [-0.25, -0.2) is 0 Å². The standard InChI is InChI=1S/C11H21NO2S/c12-11(9-3-5-13-6-9)8-15-7-10-2-1-4-14-10/h9-11H,1-8,12H2. The number of ether oxygens (including phenoxy) is 2.